The first-order valence-electron chi connectivity index (χ1n) is 6.88. The molecule has 1 aliphatic heterocycles. The monoisotopic (exact) mass is 297 g/mol. The number of sulfonamides is 1. The summed E-state index contributed by atoms with van der Waals surface area (Å²) in [5.41, 5.74) is 1.38. The van der Waals surface area contributed by atoms with E-state index in [1.54, 1.807) is 0 Å². The molecule has 1 atom stereocenters. The van der Waals surface area contributed by atoms with E-state index in [4.69, 9.17) is 4.74 Å². The Morgan fingerprint density at radius 2 is 1.80 bits per heavy atom. The smallest absolute Gasteiger partial charge is 0.211 e. The average Bonchev–Trinajstić information content (AvgIpc) is 2.77. The van der Waals surface area contributed by atoms with Crippen LogP contribution in [0.4, 0.5) is 0 Å². The van der Waals surface area contributed by atoms with E-state index in [0.717, 1.165) is 12.2 Å². The van der Waals surface area contributed by atoms with Crippen LogP contribution in [0.3, 0.4) is 0 Å². The van der Waals surface area contributed by atoms with Gasteiger partial charge in [-0.1, -0.05) is 32.9 Å². The maximum Gasteiger partial charge on any atom is 0.211 e. The number of benzene rings is 1. The number of hydrogen-bond acceptors (Lipinski definition) is 3. The van der Waals surface area contributed by atoms with E-state index >= 15 is 0 Å². The summed E-state index contributed by atoms with van der Waals surface area (Å²) in [5.74, 6) is 0.804. The summed E-state index contributed by atoms with van der Waals surface area (Å²) >= 11 is 0. The third-order valence-electron chi connectivity index (χ3n) is 3.60. The van der Waals surface area contributed by atoms with Gasteiger partial charge in [0.2, 0.25) is 10.0 Å². The lowest BCUT2D eigenvalue weighted by Gasteiger charge is -2.20. The summed E-state index contributed by atoms with van der Waals surface area (Å²) in [6.07, 6.45) is 1.94. The molecule has 20 heavy (non-hydrogen) atoms. The molecule has 0 spiro atoms. The second kappa shape index (κ2) is 5.37. The zero-order valence-electron chi connectivity index (χ0n) is 12.6. The van der Waals surface area contributed by atoms with Crippen molar-refractivity contribution in [2.24, 2.45) is 0 Å². The Kier molecular flexibility index (Phi) is 4.12. The maximum absolute atomic E-state index is 11.5. The zero-order valence-corrected chi connectivity index (χ0v) is 13.4. The highest BCUT2D eigenvalue weighted by molar-refractivity contribution is 7.88. The molecule has 5 heteroatoms. The first kappa shape index (κ1) is 15.3. The lowest BCUT2D eigenvalue weighted by Crippen LogP contribution is -2.29. The molecule has 1 unspecified atom stereocenters. The quantitative estimate of drug-likeness (QED) is 0.860. The summed E-state index contributed by atoms with van der Waals surface area (Å²) in [7, 11) is -3.10. The van der Waals surface area contributed by atoms with Crippen molar-refractivity contribution in [3.05, 3.63) is 29.8 Å². The fourth-order valence-electron chi connectivity index (χ4n) is 2.32. The van der Waals surface area contributed by atoms with E-state index in [2.05, 4.69) is 32.9 Å². The van der Waals surface area contributed by atoms with Crippen LogP contribution in [0.25, 0.3) is 0 Å². The molecular weight excluding hydrogens is 274 g/mol. The van der Waals surface area contributed by atoms with Gasteiger partial charge in [0.15, 0.2) is 0 Å². The Balaban J connectivity index is 1.99. The lowest BCUT2D eigenvalue weighted by atomic mass is 9.87. The molecule has 1 aromatic carbocycles. The molecule has 0 saturated carbocycles. The van der Waals surface area contributed by atoms with E-state index in [1.807, 2.05) is 12.1 Å². The van der Waals surface area contributed by atoms with Crippen LogP contribution >= 0.6 is 0 Å². The molecule has 2 rings (SSSR count). The normalized spacial score (nSPS) is 21.1. The van der Waals surface area contributed by atoms with E-state index in [9.17, 15) is 8.42 Å². The number of hydrogen-bond donors (Lipinski definition) is 0. The largest absolute Gasteiger partial charge is 0.489 e. The molecule has 0 bridgehead atoms. The van der Waals surface area contributed by atoms with Crippen LogP contribution in [-0.4, -0.2) is 38.2 Å². The minimum atomic E-state index is -3.10. The Morgan fingerprint density at radius 1 is 1.20 bits per heavy atom. The molecule has 0 radical (unpaired) electrons. The molecule has 1 aliphatic rings. The summed E-state index contributed by atoms with van der Waals surface area (Å²) in [5, 5.41) is 0. The van der Waals surface area contributed by atoms with Gasteiger partial charge in [0.1, 0.15) is 11.9 Å². The van der Waals surface area contributed by atoms with Crippen molar-refractivity contribution in [2.45, 2.75) is 38.7 Å². The molecular formula is C15H23NO3S. The van der Waals surface area contributed by atoms with Crippen LogP contribution in [-0.2, 0) is 15.4 Å². The van der Waals surface area contributed by atoms with Gasteiger partial charge in [-0.15, -0.1) is 0 Å². The average molecular weight is 297 g/mol. The SMILES string of the molecule is CC(C)(C)c1ccc(OC2CCN(S(C)(=O)=O)C2)cc1. The fourth-order valence-corrected chi connectivity index (χ4v) is 3.20. The summed E-state index contributed by atoms with van der Waals surface area (Å²) in [6.45, 7) is 7.50. The van der Waals surface area contributed by atoms with E-state index in [0.29, 0.717) is 13.1 Å². The second-order valence-electron chi connectivity index (χ2n) is 6.42. The van der Waals surface area contributed by atoms with E-state index in [1.165, 1.54) is 16.1 Å². The lowest BCUT2D eigenvalue weighted by molar-refractivity contribution is 0.215. The Hall–Kier alpha value is -1.07. The highest BCUT2D eigenvalue weighted by Gasteiger charge is 2.29. The Labute approximate surface area is 121 Å². The molecule has 1 fully saturated rings. The molecule has 0 aliphatic carbocycles. The van der Waals surface area contributed by atoms with Crippen LogP contribution in [0.1, 0.15) is 32.8 Å². The molecule has 4 nitrogen and oxygen atoms in total. The minimum Gasteiger partial charge on any atom is -0.489 e. The summed E-state index contributed by atoms with van der Waals surface area (Å²) in [6, 6.07) is 8.06. The van der Waals surface area contributed by atoms with Gasteiger partial charge in [-0.05, 0) is 29.5 Å². The topological polar surface area (TPSA) is 46.6 Å². The number of ether oxygens (including phenoxy) is 1. The van der Waals surface area contributed by atoms with Gasteiger partial charge in [-0.25, -0.2) is 8.42 Å². The summed E-state index contributed by atoms with van der Waals surface area (Å²) in [4.78, 5) is 0. The molecule has 1 heterocycles. The number of rotatable bonds is 3. The Morgan fingerprint density at radius 3 is 2.25 bits per heavy atom. The van der Waals surface area contributed by atoms with Crippen molar-refractivity contribution in [3.8, 4) is 5.75 Å². The van der Waals surface area contributed by atoms with Gasteiger partial charge in [-0.2, -0.15) is 4.31 Å². The van der Waals surface area contributed by atoms with Gasteiger partial charge in [-0.3, -0.25) is 0 Å². The van der Waals surface area contributed by atoms with E-state index in [-0.39, 0.29) is 11.5 Å². The van der Waals surface area contributed by atoms with Crippen LogP contribution < -0.4 is 4.74 Å². The predicted octanol–water partition coefficient (Wildman–Crippen LogP) is 2.40. The Bertz CT molecular complexity index is 558. The van der Waals surface area contributed by atoms with Gasteiger partial charge in [0, 0.05) is 6.54 Å². The van der Waals surface area contributed by atoms with Crippen LogP contribution in [0.15, 0.2) is 24.3 Å². The van der Waals surface area contributed by atoms with Crippen molar-refractivity contribution in [3.63, 3.8) is 0 Å². The third-order valence-corrected chi connectivity index (χ3v) is 4.87. The van der Waals surface area contributed by atoms with Crippen LogP contribution in [0, 0.1) is 0 Å². The van der Waals surface area contributed by atoms with Crippen LogP contribution in [0.2, 0.25) is 0 Å². The molecule has 1 aromatic rings. The van der Waals surface area contributed by atoms with Gasteiger partial charge >= 0.3 is 0 Å². The van der Waals surface area contributed by atoms with Crippen molar-refractivity contribution < 1.29 is 13.2 Å². The van der Waals surface area contributed by atoms with Gasteiger partial charge < -0.3 is 4.74 Å². The van der Waals surface area contributed by atoms with Crippen LogP contribution in [0.5, 0.6) is 5.75 Å². The third kappa shape index (κ3) is 3.73. The van der Waals surface area contributed by atoms with Crippen molar-refractivity contribution >= 4 is 10.0 Å². The second-order valence-corrected chi connectivity index (χ2v) is 8.41. The summed E-state index contributed by atoms with van der Waals surface area (Å²) < 4.78 is 30.2. The molecule has 0 N–H and O–H groups in total. The molecule has 1 saturated heterocycles. The van der Waals surface area contributed by atoms with Gasteiger partial charge in [0.05, 0.1) is 12.8 Å². The van der Waals surface area contributed by atoms with Crippen molar-refractivity contribution in [2.75, 3.05) is 19.3 Å². The predicted molar refractivity (Wildman–Crippen MR) is 80.6 cm³/mol. The standard InChI is InChI=1S/C15H23NO3S/c1-15(2,3)12-5-7-13(8-6-12)19-14-9-10-16(11-14)20(4,17)18/h5-8,14H,9-11H2,1-4H3. The fraction of sp³-hybridized carbons (Fsp3) is 0.600. The molecule has 0 amide bonds. The zero-order chi connectivity index (χ0) is 15.0. The van der Waals surface area contributed by atoms with Crippen molar-refractivity contribution in [1.82, 2.24) is 4.31 Å². The molecule has 112 valence electrons. The maximum atomic E-state index is 11.5. The number of nitrogens with zero attached hydrogens (tertiary/aromatic N) is 1. The first-order chi connectivity index (χ1) is 9.16. The van der Waals surface area contributed by atoms with E-state index < -0.39 is 10.0 Å². The minimum absolute atomic E-state index is 0.0507. The first-order valence-corrected chi connectivity index (χ1v) is 8.73. The highest BCUT2D eigenvalue weighted by atomic mass is 32.2. The van der Waals surface area contributed by atoms with Crippen molar-refractivity contribution in [1.29, 1.82) is 0 Å². The highest BCUT2D eigenvalue weighted by Crippen LogP contribution is 2.26. The molecule has 0 aromatic heterocycles. The van der Waals surface area contributed by atoms with Gasteiger partial charge in [0.25, 0.3) is 0 Å².